The predicted molar refractivity (Wildman–Crippen MR) is 135 cm³/mol. The first kappa shape index (κ1) is 24.8. The third kappa shape index (κ3) is 4.09. The van der Waals surface area contributed by atoms with Gasteiger partial charge >= 0.3 is 5.97 Å². The normalized spacial score (nSPS) is 14.8. The minimum atomic E-state index is -0.927. The summed E-state index contributed by atoms with van der Waals surface area (Å²) < 4.78 is 22.7. The molecule has 0 bridgehead atoms. The fraction of sp³-hybridized carbons (Fsp3) is 0.214. The van der Waals surface area contributed by atoms with E-state index in [4.69, 9.17) is 18.6 Å². The molecule has 0 radical (unpaired) electrons. The van der Waals surface area contributed by atoms with Crippen molar-refractivity contribution in [2.75, 3.05) is 7.11 Å². The van der Waals surface area contributed by atoms with Gasteiger partial charge in [-0.15, -0.1) is 0 Å². The van der Waals surface area contributed by atoms with Crippen molar-refractivity contribution in [2.24, 2.45) is 0 Å². The molecule has 4 N–H and O–H groups in total. The first-order chi connectivity index (χ1) is 18.1. The molecule has 10 heteroatoms. The van der Waals surface area contributed by atoms with Gasteiger partial charge in [-0.3, -0.25) is 9.59 Å². The average Bonchev–Trinajstić information content (AvgIpc) is 2.86. The third-order valence-corrected chi connectivity index (χ3v) is 6.26. The second kappa shape index (κ2) is 9.22. The second-order valence-electron chi connectivity index (χ2n) is 9.13. The zero-order chi connectivity index (χ0) is 27.3. The van der Waals surface area contributed by atoms with Crippen LogP contribution in [0.4, 0.5) is 0 Å². The fourth-order valence-corrected chi connectivity index (χ4v) is 4.58. The Bertz CT molecular complexity index is 1650. The van der Waals surface area contributed by atoms with Crippen LogP contribution in [-0.2, 0) is 4.79 Å². The number of carbonyl (C=O) groups excluding carboxylic acids is 1. The topological polar surface area (TPSA) is 156 Å². The van der Waals surface area contributed by atoms with Gasteiger partial charge in [-0.2, -0.15) is 0 Å². The molecule has 1 atom stereocenters. The first-order valence-electron chi connectivity index (χ1n) is 11.7. The van der Waals surface area contributed by atoms with E-state index in [2.05, 4.69) is 0 Å². The molecule has 38 heavy (non-hydrogen) atoms. The van der Waals surface area contributed by atoms with Crippen LogP contribution in [0.3, 0.4) is 0 Å². The highest BCUT2D eigenvalue weighted by Gasteiger charge is 2.35. The SMILES string of the molecule is COc1ccc(C2CC(=O)Oc3cc(O)c4c(=O)c(O)c(-c5ccc(O)c(O)c5)oc4c32)cc1OC(C)C. The van der Waals surface area contributed by atoms with Crippen LogP contribution in [-0.4, -0.2) is 39.6 Å². The highest BCUT2D eigenvalue weighted by molar-refractivity contribution is 5.94. The van der Waals surface area contributed by atoms with Crippen LogP contribution in [0.2, 0.25) is 0 Å². The van der Waals surface area contributed by atoms with E-state index in [-0.39, 0.29) is 40.6 Å². The summed E-state index contributed by atoms with van der Waals surface area (Å²) in [5, 5.41) is 40.6. The van der Waals surface area contributed by atoms with Crippen LogP contribution in [0.25, 0.3) is 22.3 Å². The summed E-state index contributed by atoms with van der Waals surface area (Å²) in [7, 11) is 1.51. The number of hydrogen-bond acceptors (Lipinski definition) is 10. The Hall–Kier alpha value is -4.86. The number of carbonyl (C=O) groups is 1. The van der Waals surface area contributed by atoms with E-state index in [1.165, 1.54) is 19.2 Å². The van der Waals surface area contributed by atoms with Gasteiger partial charge in [-0.1, -0.05) is 6.07 Å². The molecule has 5 rings (SSSR count). The van der Waals surface area contributed by atoms with Crippen molar-refractivity contribution in [3.8, 4) is 51.6 Å². The van der Waals surface area contributed by atoms with E-state index in [1.54, 1.807) is 18.2 Å². The van der Waals surface area contributed by atoms with Gasteiger partial charge in [0.15, 0.2) is 28.8 Å². The molecule has 196 valence electrons. The van der Waals surface area contributed by atoms with Gasteiger partial charge in [0.2, 0.25) is 11.2 Å². The molecular weight excluding hydrogens is 496 g/mol. The number of ether oxygens (including phenoxy) is 3. The maximum atomic E-state index is 13.2. The Kier molecular flexibility index (Phi) is 6.02. The van der Waals surface area contributed by atoms with Gasteiger partial charge < -0.3 is 39.1 Å². The van der Waals surface area contributed by atoms with Gasteiger partial charge in [0.25, 0.3) is 0 Å². The number of methoxy groups -OCH3 is 1. The Morgan fingerprint density at radius 2 is 1.68 bits per heavy atom. The minimum absolute atomic E-state index is 0.00765. The van der Waals surface area contributed by atoms with Crippen LogP contribution in [0.5, 0.6) is 40.2 Å². The lowest BCUT2D eigenvalue weighted by atomic mass is 9.85. The number of hydrogen-bond donors (Lipinski definition) is 4. The molecule has 0 amide bonds. The standard InChI is InChI=1S/C28H24O10/c1-12(2)36-20-9-13(5-7-19(20)35-3)15-10-22(32)37-21-11-18(31)24-25(33)26(34)27(38-28(24)23(15)21)14-4-6-16(29)17(30)8-14/h4-9,11-12,15,29-31,34H,10H2,1-3H3. The van der Waals surface area contributed by atoms with E-state index < -0.39 is 40.3 Å². The molecular formula is C28H24O10. The molecule has 0 aliphatic carbocycles. The molecule has 10 nitrogen and oxygen atoms in total. The lowest BCUT2D eigenvalue weighted by Gasteiger charge is -2.27. The van der Waals surface area contributed by atoms with Crippen molar-refractivity contribution >= 4 is 16.9 Å². The number of esters is 1. The molecule has 0 saturated carbocycles. The fourth-order valence-electron chi connectivity index (χ4n) is 4.58. The smallest absolute Gasteiger partial charge is 0.312 e. The summed E-state index contributed by atoms with van der Waals surface area (Å²) in [5.41, 5.74) is -0.00560. The zero-order valence-corrected chi connectivity index (χ0v) is 20.6. The van der Waals surface area contributed by atoms with Gasteiger partial charge in [-0.25, -0.2) is 0 Å². The molecule has 1 aromatic heterocycles. The second-order valence-corrected chi connectivity index (χ2v) is 9.13. The number of fused-ring (bicyclic) bond motifs is 3. The Labute approximate surface area is 215 Å². The molecule has 1 aliphatic rings. The summed E-state index contributed by atoms with van der Waals surface area (Å²) in [6.07, 6.45) is -0.272. The van der Waals surface area contributed by atoms with Gasteiger partial charge in [0, 0.05) is 23.1 Å². The van der Waals surface area contributed by atoms with Gasteiger partial charge in [0.1, 0.15) is 22.5 Å². The van der Waals surface area contributed by atoms with Crippen LogP contribution < -0.4 is 19.6 Å². The maximum Gasteiger partial charge on any atom is 0.312 e. The molecule has 0 spiro atoms. The first-order valence-corrected chi connectivity index (χ1v) is 11.7. The van der Waals surface area contributed by atoms with Crippen LogP contribution in [0.15, 0.2) is 51.7 Å². The highest BCUT2D eigenvalue weighted by Crippen LogP contribution is 2.48. The summed E-state index contributed by atoms with van der Waals surface area (Å²) in [6, 6.07) is 9.93. The molecule has 1 aliphatic heterocycles. The van der Waals surface area contributed by atoms with E-state index >= 15 is 0 Å². The molecule has 1 unspecified atom stereocenters. The van der Waals surface area contributed by atoms with Crippen LogP contribution in [0.1, 0.15) is 37.3 Å². The lowest BCUT2D eigenvalue weighted by molar-refractivity contribution is -0.135. The quantitative estimate of drug-likeness (QED) is 0.168. The van der Waals surface area contributed by atoms with Crippen molar-refractivity contribution in [1.29, 1.82) is 0 Å². The number of phenols is 3. The van der Waals surface area contributed by atoms with Crippen molar-refractivity contribution in [3.63, 3.8) is 0 Å². The molecule has 4 aromatic rings. The van der Waals surface area contributed by atoms with Gasteiger partial charge in [-0.05, 0) is 49.7 Å². The van der Waals surface area contributed by atoms with E-state index in [0.29, 0.717) is 22.6 Å². The maximum absolute atomic E-state index is 13.2. The summed E-state index contributed by atoms with van der Waals surface area (Å²) in [6.45, 7) is 3.72. The number of phenolic OH excluding ortho intramolecular Hbond substituents is 3. The number of rotatable bonds is 5. The van der Waals surface area contributed by atoms with Crippen LogP contribution >= 0.6 is 0 Å². The monoisotopic (exact) mass is 520 g/mol. The van der Waals surface area contributed by atoms with E-state index in [1.807, 2.05) is 13.8 Å². The largest absolute Gasteiger partial charge is 0.507 e. The van der Waals surface area contributed by atoms with Crippen molar-refractivity contribution < 1.29 is 43.8 Å². The average molecular weight is 520 g/mol. The highest BCUT2D eigenvalue weighted by atomic mass is 16.5. The van der Waals surface area contributed by atoms with Crippen molar-refractivity contribution in [2.45, 2.75) is 32.3 Å². The number of benzene rings is 3. The zero-order valence-electron chi connectivity index (χ0n) is 20.6. The molecule has 3 aromatic carbocycles. The minimum Gasteiger partial charge on any atom is -0.507 e. The van der Waals surface area contributed by atoms with Crippen molar-refractivity contribution in [1.82, 2.24) is 0 Å². The number of aromatic hydroxyl groups is 4. The van der Waals surface area contributed by atoms with E-state index in [0.717, 1.165) is 12.1 Å². The third-order valence-electron chi connectivity index (χ3n) is 6.26. The Morgan fingerprint density at radius 3 is 2.37 bits per heavy atom. The van der Waals surface area contributed by atoms with E-state index in [9.17, 15) is 30.0 Å². The molecule has 0 fully saturated rings. The van der Waals surface area contributed by atoms with Crippen LogP contribution in [0, 0.1) is 0 Å². The Morgan fingerprint density at radius 1 is 0.921 bits per heavy atom. The van der Waals surface area contributed by atoms with Crippen molar-refractivity contribution in [3.05, 3.63) is 63.8 Å². The summed E-state index contributed by atoms with van der Waals surface area (Å²) in [5.74, 6) is -2.87. The van der Waals surface area contributed by atoms with Gasteiger partial charge in [0.05, 0.1) is 19.6 Å². The summed E-state index contributed by atoms with van der Waals surface area (Å²) >= 11 is 0. The summed E-state index contributed by atoms with van der Waals surface area (Å²) in [4.78, 5) is 25.8. The molecule has 0 saturated heterocycles. The lowest BCUT2D eigenvalue weighted by Crippen LogP contribution is -2.22. The predicted octanol–water partition coefficient (Wildman–Crippen LogP) is 4.52. The Balaban J connectivity index is 1.80. The molecule has 2 heterocycles.